The molecule has 0 aliphatic heterocycles. The summed E-state index contributed by atoms with van der Waals surface area (Å²) in [5.41, 5.74) is 4.27. The minimum Gasteiger partial charge on any atom is -0.493 e. The van der Waals surface area contributed by atoms with E-state index in [0.29, 0.717) is 22.9 Å². The van der Waals surface area contributed by atoms with Crippen LogP contribution in [0.2, 0.25) is 0 Å². The van der Waals surface area contributed by atoms with Crippen molar-refractivity contribution in [2.75, 3.05) is 14.2 Å². The Kier molecular flexibility index (Phi) is 4.50. The Morgan fingerprint density at radius 2 is 1.89 bits per heavy atom. The van der Waals surface area contributed by atoms with Crippen molar-refractivity contribution in [3.05, 3.63) is 59.5 Å². The third-order valence-corrected chi connectivity index (χ3v) is 4.83. The topological polar surface area (TPSA) is 89.1 Å². The van der Waals surface area contributed by atoms with Gasteiger partial charge < -0.3 is 14.8 Å². The van der Waals surface area contributed by atoms with E-state index in [4.69, 9.17) is 9.47 Å². The number of hydrogen-bond acceptors (Lipinski definition) is 5. The van der Waals surface area contributed by atoms with Crippen LogP contribution in [-0.2, 0) is 6.42 Å². The first-order valence-corrected chi connectivity index (χ1v) is 8.71. The second-order valence-corrected chi connectivity index (χ2v) is 6.37. The summed E-state index contributed by atoms with van der Waals surface area (Å²) < 4.78 is 10.8. The average Bonchev–Trinajstić information content (AvgIpc) is 3.35. The number of carbonyl (C=O) groups excluding carboxylic acids is 1. The zero-order chi connectivity index (χ0) is 18.8. The van der Waals surface area contributed by atoms with E-state index in [2.05, 4.69) is 20.5 Å². The highest BCUT2D eigenvalue weighted by Crippen LogP contribution is 2.39. The van der Waals surface area contributed by atoms with Crippen molar-refractivity contribution in [3.8, 4) is 22.8 Å². The summed E-state index contributed by atoms with van der Waals surface area (Å²) in [7, 11) is 3.23. The van der Waals surface area contributed by atoms with E-state index < -0.39 is 0 Å². The van der Waals surface area contributed by atoms with Gasteiger partial charge in [-0.3, -0.25) is 14.9 Å². The summed E-state index contributed by atoms with van der Waals surface area (Å²) in [6.07, 6.45) is 5.11. The second kappa shape index (κ2) is 7.11. The highest BCUT2D eigenvalue weighted by Gasteiger charge is 2.27. The van der Waals surface area contributed by atoms with Gasteiger partial charge in [-0.15, -0.1) is 0 Å². The first-order valence-electron chi connectivity index (χ1n) is 8.71. The molecule has 7 nitrogen and oxygen atoms in total. The number of H-pyrrole nitrogens is 1. The lowest BCUT2D eigenvalue weighted by molar-refractivity contribution is 0.0931. The lowest BCUT2D eigenvalue weighted by atomic mass is 10.1. The minimum atomic E-state index is -0.185. The van der Waals surface area contributed by atoms with Gasteiger partial charge in [0, 0.05) is 18.0 Å². The van der Waals surface area contributed by atoms with Crippen LogP contribution in [0.4, 0.5) is 0 Å². The molecule has 3 aromatic rings. The van der Waals surface area contributed by atoms with E-state index in [1.165, 1.54) is 5.56 Å². The van der Waals surface area contributed by atoms with Crippen molar-refractivity contribution >= 4 is 5.91 Å². The number of fused-ring (bicyclic) bond motifs is 1. The standard InChI is InChI=1S/C20H20N4O3/c1-26-18-9-13-3-4-15(14(13)10-19(18)27-2)22-20(25)17-11-16(23-24-17)12-5-7-21-8-6-12/h5-11,15H,3-4H2,1-2H3,(H,22,25)(H,23,24)/t15-/m1/s1. The fraction of sp³-hybridized carbons (Fsp3) is 0.250. The molecule has 1 atom stereocenters. The van der Waals surface area contributed by atoms with E-state index in [1.54, 1.807) is 32.7 Å². The summed E-state index contributed by atoms with van der Waals surface area (Å²) in [6.45, 7) is 0. The largest absolute Gasteiger partial charge is 0.493 e. The van der Waals surface area contributed by atoms with Gasteiger partial charge in [0.2, 0.25) is 0 Å². The molecule has 0 unspecified atom stereocenters. The van der Waals surface area contributed by atoms with Gasteiger partial charge in [-0.05, 0) is 54.3 Å². The minimum absolute atomic E-state index is 0.0695. The number of pyridine rings is 1. The van der Waals surface area contributed by atoms with Gasteiger partial charge in [-0.25, -0.2) is 0 Å². The molecule has 0 bridgehead atoms. The van der Waals surface area contributed by atoms with Crippen LogP contribution in [-0.4, -0.2) is 35.3 Å². The van der Waals surface area contributed by atoms with Crippen LogP contribution in [0.5, 0.6) is 11.5 Å². The fourth-order valence-corrected chi connectivity index (χ4v) is 3.43. The first-order chi connectivity index (χ1) is 13.2. The predicted molar refractivity (Wildman–Crippen MR) is 99.9 cm³/mol. The van der Waals surface area contributed by atoms with Crippen molar-refractivity contribution in [3.63, 3.8) is 0 Å². The number of methoxy groups -OCH3 is 2. The Hall–Kier alpha value is -3.35. The van der Waals surface area contributed by atoms with Crippen LogP contribution in [0.25, 0.3) is 11.3 Å². The Labute approximate surface area is 156 Å². The van der Waals surface area contributed by atoms with Gasteiger partial charge in [0.1, 0.15) is 5.69 Å². The van der Waals surface area contributed by atoms with E-state index in [1.807, 2.05) is 24.3 Å². The van der Waals surface area contributed by atoms with Crippen LogP contribution < -0.4 is 14.8 Å². The molecule has 7 heteroatoms. The second-order valence-electron chi connectivity index (χ2n) is 6.37. The highest BCUT2D eigenvalue weighted by atomic mass is 16.5. The molecule has 0 saturated carbocycles. The molecule has 4 rings (SSSR count). The Balaban J connectivity index is 1.53. The van der Waals surface area contributed by atoms with Crippen molar-refractivity contribution in [2.45, 2.75) is 18.9 Å². The number of carbonyl (C=O) groups is 1. The summed E-state index contributed by atoms with van der Waals surface area (Å²) in [6, 6.07) is 9.31. The fourth-order valence-electron chi connectivity index (χ4n) is 3.43. The molecular formula is C20H20N4O3. The van der Waals surface area contributed by atoms with E-state index in [0.717, 1.165) is 24.0 Å². The lowest BCUT2D eigenvalue weighted by Crippen LogP contribution is -2.27. The number of rotatable bonds is 5. The highest BCUT2D eigenvalue weighted by molar-refractivity contribution is 5.93. The van der Waals surface area contributed by atoms with Crippen molar-refractivity contribution < 1.29 is 14.3 Å². The maximum absolute atomic E-state index is 12.7. The maximum Gasteiger partial charge on any atom is 0.269 e. The van der Waals surface area contributed by atoms with Crippen molar-refractivity contribution in [1.29, 1.82) is 0 Å². The van der Waals surface area contributed by atoms with Crippen LogP contribution in [0.1, 0.15) is 34.1 Å². The SMILES string of the molecule is COc1cc2c(cc1OC)[C@H](NC(=O)c1cc(-c3ccncc3)n[nH]1)CC2. The summed E-state index contributed by atoms with van der Waals surface area (Å²) in [4.78, 5) is 16.7. The number of nitrogens with one attached hydrogen (secondary N) is 2. The third kappa shape index (κ3) is 3.23. The van der Waals surface area contributed by atoms with Gasteiger partial charge in [-0.2, -0.15) is 5.10 Å². The number of aromatic nitrogens is 3. The molecule has 2 N–H and O–H groups in total. The molecule has 1 aromatic carbocycles. The number of aryl methyl sites for hydroxylation is 1. The van der Waals surface area contributed by atoms with Crippen LogP contribution >= 0.6 is 0 Å². The first kappa shape index (κ1) is 17.1. The summed E-state index contributed by atoms with van der Waals surface area (Å²) in [5.74, 6) is 1.19. The zero-order valence-electron chi connectivity index (χ0n) is 15.2. The zero-order valence-corrected chi connectivity index (χ0v) is 15.2. The normalized spacial score (nSPS) is 15.3. The van der Waals surface area contributed by atoms with Gasteiger partial charge in [0.05, 0.1) is 26.0 Å². The average molecular weight is 364 g/mol. The molecule has 2 aromatic heterocycles. The van der Waals surface area contributed by atoms with Crippen LogP contribution in [0.15, 0.2) is 42.7 Å². The van der Waals surface area contributed by atoms with Gasteiger partial charge in [0.15, 0.2) is 11.5 Å². The van der Waals surface area contributed by atoms with E-state index in [9.17, 15) is 4.79 Å². The van der Waals surface area contributed by atoms with Gasteiger partial charge in [0.25, 0.3) is 5.91 Å². The van der Waals surface area contributed by atoms with E-state index in [-0.39, 0.29) is 11.9 Å². The summed E-state index contributed by atoms with van der Waals surface area (Å²) in [5, 5.41) is 10.1. The third-order valence-electron chi connectivity index (χ3n) is 4.83. The van der Waals surface area contributed by atoms with Crippen molar-refractivity contribution in [2.24, 2.45) is 0 Å². The molecule has 0 saturated heterocycles. The van der Waals surface area contributed by atoms with Crippen molar-refractivity contribution in [1.82, 2.24) is 20.5 Å². The number of hydrogen-bond donors (Lipinski definition) is 2. The molecular weight excluding hydrogens is 344 g/mol. The number of aromatic amines is 1. The van der Waals surface area contributed by atoms with Crippen LogP contribution in [0, 0.1) is 0 Å². The van der Waals surface area contributed by atoms with Crippen LogP contribution in [0.3, 0.4) is 0 Å². The molecule has 0 fully saturated rings. The number of nitrogens with zero attached hydrogens (tertiary/aromatic N) is 2. The Morgan fingerprint density at radius 1 is 1.15 bits per heavy atom. The smallest absolute Gasteiger partial charge is 0.269 e. The Morgan fingerprint density at radius 3 is 2.63 bits per heavy atom. The number of benzene rings is 1. The molecule has 2 heterocycles. The van der Waals surface area contributed by atoms with E-state index >= 15 is 0 Å². The number of amides is 1. The molecule has 0 spiro atoms. The lowest BCUT2D eigenvalue weighted by Gasteiger charge is -2.15. The molecule has 1 aliphatic rings. The summed E-state index contributed by atoms with van der Waals surface area (Å²) >= 11 is 0. The molecule has 1 aliphatic carbocycles. The molecule has 1 amide bonds. The Bertz CT molecular complexity index is 969. The quantitative estimate of drug-likeness (QED) is 0.727. The van der Waals surface area contributed by atoms with Gasteiger partial charge in [-0.1, -0.05) is 0 Å². The molecule has 27 heavy (non-hydrogen) atoms. The number of ether oxygens (including phenoxy) is 2. The molecule has 0 radical (unpaired) electrons. The maximum atomic E-state index is 12.7. The van der Waals surface area contributed by atoms with Gasteiger partial charge >= 0.3 is 0 Å². The monoisotopic (exact) mass is 364 g/mol. The predicted octanol–water partition coefficient (Wildman–Crippen LogP) is 2.91. The molecule has 138 valence electrons.